The van der Waals surface area contributed by atoms with Gasteiger partial charge in [-0.05, 0) is 30.4 Å². The van der Waals surface area contributed by atoms with Gasteiger partial charge in [-0.15, -0.1) is 0 Å². The average molecular weight is 404 g/mol. The molecular formula is C19H20N2O6S. The lowest BCUT2D eigenvalue weighted by Gasteiger charge is -2.17. The molecule has 0 spiro atoms. The number of ether oxygens (including phenoxy) is 5. The number of benzene rings is 2. The molecule has 1 N–H and O–H groups in total. The molecular weight excluding hydrogens is 384 g/mol. The normalized spacial score (nSPS) is 10.6. The number of aromatic nitrogens is 2. The molecule has 1 aromatic heterocycles. The quantitative estimate of drug-likeness (QED) is 0.632. The van der Waals surface area contributed by atoms with Crippen LogP contribution in [0.1, 0.15) is 0 Å². The number of hydrogen-bond donors (Lipinski definition) is 1. The maximum atomic E-state index is 13.3. The van der Waals surface area contributed by atoms with Gasteiger partial charge in [0.1, 0.15) is 17.0 Å². The van der Waals surface area contributed by atoms with Crippen LogP contribution in [0.25, 0.3) is 16.6 Å². The van der Waals surface area contributed by atoms with E-state index in [0.717, 1.165) is 0 Å². The minimum atomic E-state index is -0.360. The zero-order valence-electron chi connectivity index (χ0n) is 16.1. The molecule has 2 aromatic carbocycles. The molecule has 0 fully saturated rings. The molecule has 1 heterocycles. The number of hydrogen-bond acceptors (Lipinski definition) is 7. The molecule has 9 heteroatoms. The molecule has 0 saturated carbocycles. The zero-order chi connectivity index (χ0) is 20.4. The van der Waals surface area contributed by atoms with Gasteiger partial charge in [0.2, 0.25) is 5.75 Å². The van der Waals surface area contributed by atoms with Gasteiger partial charge in [0.25, 0.3) is 5.56 Å². The lowest BCUT2D eigenvalue weighted by Crippen LogP contribution is -2.21. The summed E-state index contributed by atoms with van der Waals surface area (Å²) < 4.78 is 28.3. The van der Waals surface area contributed by atoms with Crippen LogP contribution in [0.4, 0.5) is 0 Å². The van der Waals surface area contributed by atoms with Crippen LogP contribution < -0.4 is 29.2 Å². The molecule has 0 amide bonds. The van der Waals surface area contributed by atoms with Gasteiger partial charge in [-0.3, -0.25) is 4.79 Å². The largest absolute Gasteiger partial charge is 0.497 e. The van der Waals surface area contributed by atoms with E-state index in [1.807, 2.05) is 0 Å². The van der Waals surface area contributed by atoms with Crippen molar-refractivity contribution in [2.24, 2.45) is 0 Å². The van der Waals surface area contributed by atoms with Crippen molar-refractivity contribution in [1.82, 2.24) is 9.55 Å². The fraction of sp³-hybridized carbons (Fsp3) is 0.263. The molecule has 3 aromatic rings. The van der Waals surface area contributed by atoms with Crippen LogP contribution in [-0.4, -0.2) is 45.1 Å². The molecule has 8 nitrogen and oxygen atoms in total. The van der Waals surface area contributed by atoms with Crippen LogP contribution >= 0.6 is 12.2 Å². The van der Waals surface area contributed by atoms with Gasteiger partial charge in [-0.1, -0.05) is 0 Å². The van der Waals surface area contributed by atoms with Crippen molar-refractivity contribution in [1.29, 1.82) is 0 Å². The van der Waals surface area contributed by atoms with Crippen molar-refractivity contribution in [3.63, 3.8) is 0 Å². The highest BCUT2D eigenvalue weighted by atomic mass is 32.1. The SMILES string of the molecule is COc1ccc(-n2c(=S)[nH]c3c(OC)c(OC)c(OC)cc3c2=O)c(OC)c1. The van der Waals surface area contributed by atoms with Crippen LogP contribution in [0, 0.1) is 4.77 Å². The molecule has 0 atom stereocenters. The predicted molar refractivity (Wildman–Crippen MR) is 107 cm³/mol. The molecule has 0 aliphatic heterocycles. The van der Waals surface area contributed by atoms with Crippen molar-refractivity contribution in [2.75, 3.05) is 35.5 Å². The Morgan fingerprint density at radius 3 is 2.11 bits per heavy atom. The Balaban J connectivity index is 2.42. The second kappa shape index (κ2) is 7.81. The number of fused-ring (bicyclic) bond motifs is 1. The molecule has 0 unspecified atom stereocenters. The summed E-state index contributed by atoms with van der Waals surface area (Å²) in [6, 6.07) is 6.68. The van der Waals surface area contributed by atoms with Gasteiger partial charge in [-0.25, -0.2) is 4.57 Å². The fourth-order valence-corrected chi connectivity index (χ4v) is 3.30. The van der Waals surface area contributed by atoms with Gasteiger partial charge in [0.05, 0.1) is 46.6 Å². The number of H-pyrrole nitrogens is 1. The van der Waals surface area contributed by atoms with Crippen molar-refractivity contribution < 1.29 is 23.7 Å². The molecule has 148 valence electrons. The molecule has 0 saturated heterocycles. The van der Waals surface area contributed by atoms with Gasteiger partial charge >= 0.3 is 0 Å². The maximum Gasteiger partial charge on any atom is 0.267 e. The van der Waals surface area contributed by atoms with E-state index < -0.39 is 0 Å². The van der Waals surface area contributed by atoms with Crippen molar-refractivity contribution in [2.45, 2.75) is 0 Å². The molecule has 0 radical (unpaired) electrons. The highest BCUT2D eigenvalue weighted by Gasteiger charge is 2.21. The highest BCUT2D eigenvalue weighted by Crippen LogP contribution is 2.41. The Labute approximate surface area is 166 Å². The monoisotopic (exact) mass is 404 g/mol. The third kappa shape index (κ3) is 3.03. The van der Waals surface area contributed by atoms with E-state index in [2.05, 4.69) is 4.98 Å². The van der Waals surface area contributed by atoms with Crippen LogP contribution in [0.15, 0.2) is 29.1 Å². The third-order valence-corrected chi connectivity index (χ3v) is 4.61. The predicted octanol–water partition coefficient (Wildman–Crippen LogP) is 3.09. The standard InChI is InChI=1S/C19H20N2O6S/c1-23-10-6-7-12(13(8-10)24-2)21-18(22)11-9-14(25-3)16(26-4)17(27-5)15(11)20-19(21)28/h6-9H,1-5H3,(H,20,28). The summed E-state index contributed by atoms with van der Waals surface area (Å²) in [7, 11) is 7.51. The minimum Gasteiger partial charge on any atom is -0.497 e. The first-order chi connectivity index (χ1) is 13.5. The summed E-state index contributed by atoms with van der Waals surface area (Å²) >= 11 is 5.46. The smallest absolute Gasteiger partial charge is 0.267 e. The first-order valence-electron chi connectivity index (χ1n) is 8.21. The van der Waals surface area contributed by atoms with E-state index in [0.29, 0.717) is 45.3 Å². The Hall–Kier alpha value is -3.20. The summed E-state index contributed by atoms with van der Waals surface area (Å²) in [5, 5.41) is 0.320. The second-order valence-corrected chi connectivity index (χ2v) is 6.06. The number of methoxy groups -OCH3 is 5. The van der Waals surface area contributed by atoms with E-state index in [9.17, 15) is 4.79 Å². The van der Waals surface area contributed by atoms with Crippen molar-refractivity contribution in [3.8, 4) is 34.4 Å². The van der Waals surface area contributed by atoms with E-state index in [1.165, 1.54) is 33.0 Å². The van der Waals surface area contributed by atoms with Gasteiger partial charge < -0.3 is 28.7 Å². The van der Waals surface area contributed by atoms with Gasteiger partial charge in [0.15, 0.2) is 16.3 Å². The Bertz CT molecular complexity index is 1150. The molecule has 28 heavy (non-hydrogen) atoms. The maximum absolute atomic E-state index is 13.3. The lowest BCUT2D eigenvalue weighted by molar-refractivity contribution is 0.326. The molecule has 0 aliphatic carbocycles. The number of nitrogens with zero attached hydrogens (tertiary/aromatic N) is 1. The summed E-state index contributed by atoms with van der Waals surface area (Å²) in [5.74, 6) is 2.09. The lowest BCUT2D eigenvalue weighted by atomic mass is 10.2. The van der Waals surface area contributed by atoms with Gasteiger partial charge in [-0.2, -0.15) is 0 Å². The van der Waals surface area contributed by atoms with Crippen molar-refractivity contribution in [3.05, 3.63) is 39.4 Å². The Morgan fingerprint density at radius 2 is 1.54 bits per heavy atom. The molecule has 3 rings (SSSR count). The Morgan fingerprint density at radius 1 is 0.857 bits per heavy atom. The van der Waals surface area contributed by atoms with Crippen LogP contribution in [0.2, 0.25) is 0 Å². The zero-order valence-corrected chi connectivity index (χ0v) is 16.9. The Kier molecular flexibility index (Phi) is 5.46. The first kappa shape index (κ1) is 19.6. The van der Waals surface area contributed by atoms with Crippen LogP contribution in [0.5, 0.6) is 28.7 Å². The summed E-state index contributed by atoms with van der Waals surface area (Å²) in [5.41, 5.74) is 0.533. The number of nitrogens with one attached hydrogen (secondary N) is 1. The van der Waals surface area contributed by atoms with Crippen LogP contribution in [0.3, 0.4) is 0 Å². The third-order valence-electron chi connectivity index (χ3n) is 4.33. The highest BCUT2D eigenvalue weighted by molar-refractivity contribution is 7.71. The minimum absolute atomic E-state index is 0.173. The summed E-state index contributed by atoms with van der Waals surface area (Å²) in [4.78, 5) is 16.4. The van der Waals surface area contributed by atoms with E-state index in [4.69, 9.17) is 35.9 Å². The second-order valence-electron chi connectivity index (χ2n) is 5.68. The number of aromatic amines is 1. The fourth-order valence-electron chi connectivity index (χ4n) is 3.01. The summed E-state index contributed by atoms with van der Waals surface area (Å²) in [6.45, 7) is 0. The van der Waals surface area contributed by atoms with E-state index in [1.54, 1.807) is 31.4 Å². The van der Waals surface area contributed by atoms with Gasteiger partial charge in [0, 0.05) is 6.07 Å². The molecule has 0 aliphatic rings. The van der Waals surface area contributed by atoms with E-state index >= 15 is 0 Å². The van der Waals surface area contributed by atoms with Crippen LogP contribution in [-0.2, 0) is 0 Å². The number of rotatable bonds is 6. The topological polar surface area (TPSA) is 83.9 Å². The summed E-state index contributed by atoms with van der Waals surface area (Å²) in [6.07, 6.45) is 0. The van der Waals surface area contributed by atoms with Crippen molar-refractivity contribution >= 4 is 23.1 Å². The van der Waals surface area contributed by atoms with E-state index in [-0.39, 0.29) is 10.3 Å². The average Bonchev–Trinajstić information content (AvgIpc) is 2.72. The first-order valence-corrected chi connectivity index (χ1v) is 8.61. The molecule has 0 bridgehead atoms.